The van der Waals surface area contributed by atoms with Gasteiger partial charge in [-0.2, -0.15) is 0 Å². The highest BCUT2D eigenvalue weighted by Gasteiger charge is 2.15. The van der Waals surface area contributed by atoms with Crippen LogP contribution in [-0.2, 0) is 22.0 Å². The quantitative estimate of drug-likeness (QED) is 0.831. The van der Waals surface area contributed by atoms with Crippen LogP contribution in [0.1, 0.15) is 30.5 Å². The molecule has 0 radical (unpaired) electrons. The number of hydrogen-bond donors (Lipinski definition) is 0. The Morgan fingerprint density at radius 2 is 1.38 bits per heavy atom. The zero-order chi connectivity index (χ0) is 15.5. The molecule has 2 aromatic rings. The lowest BCUT2D eigenvalue weighted by molar-refractivity contribution is 0.595. The fourth-order valence-electron chi connectivity index (χ4n) is 2.29. The molecule has 112 valence electrons. The maximum Gasteiger partial charge on any atom is 0.182 e. The van der Waals surface area contributed by atoms with Crippen molar-refractivity contribution in [3.8, 4) is 0 Å². The Kier molecular flexibility index (Phi) is 4.84. The first-order valence-electron chi connectivity index (χ1n) is 7.24. The van der Waals surface area contributed by atoms with Gasteiger partial charge in [0.2, 0.25) is 0 Å². The molecule has 2 nitrogen and oxygen atoms in total. The van der Waals surface area contributed by atoms with Crippen LogP contribution in [0.2, 0.25) is 0 Å². The van der Waals surface area contributed by atoms with Crippen molar-refractivity contribution in [1.29, 1.82) is 0 Å². The summed E-state index contributed by atoms with van der Waals surface area (Å²) < 4.78 is 24.8. The second kappa shape index (κ2) is 6.44. The van der Waals surface area contributed by atoms with Crippen molar-refractivity contribution < 1.29 is 8.42 Å². The third-order valence-electron chi connectivity index (χ3n) is 3.40. The highest BCUT2D eigenvalue weighted by Crippen LogP contribution is 2.18. The summed E-state index contributed by atoms with van der Waals surface area (Å²) in [5.74, 6) is 0.657. The van der Waals surface area contributed by atoms with Crippen LogP contribution in [0.5, 0.6) is 0 Å². The number of benzene rings is 2. The Labute approximate surface area is 127 Å². The molecule has 3 heteroatoms. The molecule has 0 spiro atoms. The van der Waals surface area contributed by atoms with E-state index in [4.69, 9.17) is 0 Å². The summed E-state index contributed by atoms with van der Waals surface area (Å²) in [5, 5.41) is 0. The summed E-state index contributed by atoms with van der Waals surface area (Å²) in [7, 11) is -3.27. The van der Waals surface area contributed by atoms with Gasteiger partial charge in [-0.05, 0) is 42.5 Å². The van der Waals surface area contributed by atoms with Gasteiger partial charge < -0.3 is 0 Å². The van der Waals surface area contributed by atoms with Crippen molar-refractivity contribution in [3.63, 3.8) is 0 Å². The summed E-state index contributed by atoms with van der Waals surface area (Å²) in [6.07, 6.45) is 1.02. The maximum atomic E-state index is 12.4. The summed E-state index contributed by atoms with van der Waals surface area (Å²) in [4.78, 5) is 0.388. The number of sulfone groups is 1. The minimum absolute atomic E-state index is 0.0536. The topological polar surface area (TPSA) is 34.1 Å². The molecule has 0 bridgehead atoms. The van der Waals surface area contributed by atoms with E-state index in [2.05, 4.69) is 13.8 Å². The monoisotopic (exact) mass is 302 g/mol. The fourth-order valence-corrected chi connectivity index (χ4v) is 3.64. The van der Waals surface area contributed by atoms with Gasteiger partial charge in [0.15, 0.2) is 9.84 Å². The Bertz CT molecular complexity index is 681. The Hall–Kier alpha value is -1.61. The molecule has 0 saturated carbocycles. The van der Waals surface area contributed by atoms with Crippen molar-refractivity contribution in [2.75, 3.05) is 0 Å². The number of hydrogen-bond acceptors (Lipinski definition) is 2. The molecule has 0 fully saturated rings. The molecule has 21 heavy (non-hydrogen) atoms. The van der Waals surface area contributed by atoms with E-state index in [1.54, 1.807) is 12.1 Å². The first-order chi connectivity index (χ1) is 9.87. The van der Waals surface area contributed by atoms with Crippen LogP contribution in [0.3, 0.4) is 0 Å². The van der Waals surface area contributed by atoms with E-state index >= 15 is 0 Å². The van der Waals surface area contributed by atoms with Gasteiger partial charge in [-0.3, -0.25) is 0 Å². The molecule has 0 aliphatic carbocycles. The van der Waals surface area contributed by atoms with E-state index in [1.165, 1.54) is 5.56 Å². The zero-order valence-corrected chi connectivity index (χ0v) is 13.7. The van der Waals surface area contributed by atoms with E-state index in [1.807, 2.05) is 43.3 Å². The van der Waals surface area contributed by atoms with Gasteiger partial charge in [0, 0.05) is 0 Å². The molecular weight excluding hydrogens is 280 g/mol. The van der Waals surface area contributed by atoms with Crippen molar-refractivity contribution in [3.05, 3.63) is 65.2 Å². The van der Waals surface area contributed by atoms with Crippen LogP contribution in [0.4, 0.5) is 0 Å². The molecule has 0 amide bonds. The largest absolute Gasteiger partial charge is 0.223 e. The number of aryl methyl sites for hydroxylation is 1. The average molecular weight is 302 g/mol. The second-order valence-corrected chi connectivity index (χ2v) is 7.98. The van der Waals surface area contributed by atoms with Crippen LogP contribution in [0, 0.1) is 12.8 Å². The fraction of sp³-hybridized carbons (Fsp3) is 0.333. The Morgan fingerprint density at radius 1 is 0.857 bits per heavy atom. The Morgan fingerprint density at radius 3 is 1.90 bits per heavy atom. The lowest BCUT2D eigenvalue weighted by Gasteiger charge is -2.08. The first-order valence-corrected chi connectivity index (χ1v) is 8.89. The molecule has 0 atom stereocenters. The lowest BCUT2D eigenvalue weighted by atomic mass is 10.0. The van der Waals surface area contributed by atoms with Crippen molar-refractivity contribution >= 4 is 9.84 Å². The zero-order valence-electron chi connectivity index (χ0n) is 12.8. The summed E-state index contributed by atoms with van der Waals surface area (Å²) in [5.41, 5.74) is 3.15. The van der Waals surface area contributed by atoms with Crippen LogP contribution < -0.4 is 0 Å². The number of rotatable bonds is 5. The predicted octanol–water partition coefficient (Wildman–Crippen LogP) is 4.17. The van der Waals surface area contributed by atoms with Gasteiger partial charge in [-0.15, -0.1) is 0 Å². The van der Waals surface area contributed by atoms with Crippen molar-refractivity contribution in [1.82, 2.24) is 0 Å². The van der Waals surface area contributed by atoms with E-state index in [0.717, 1.165) is 17.5 Å². The standard InChI is InChI=1S/C18H22O2S/c1-14(2)12-16-6-8-17(9-7-16)13-21(19,20)18-10-4-15(3)5-11-18/h4-11,14H,12-13H2,1-3H3. The summed E-state index contributed by atoms with van der Waals surface area (Å²) >= 11 is 0. The normalized spacial score (nSPS) is 11.8. The molecule has 0 N–H and O–H groups in total. The van der Waals surface area contributed by atoms with E-state index in [-0.39, 0.29) is 5.75 Å². The van der Waals surface area contributed by atoms with Gasteiger partial charge in [-0.1, -0.05) is 55.8 Å². The molecule has 0 aliphatic heterocycles. The SMILES string of the molecule is Cc1ccc(S(=O)(=O)Cc2ccc(CC(C)C)cc2)cc1. The van der Waals surface area contributed by atoms with E-state index in [0.29, 0.717) is 10.8 Å². The summed E-state index contributed by atoms with van der Waals surface area (Å²) in [6.45, 7) is 6.30. The molecule has 0 heterocycles. The van der Waals surface area contributed by atoms with Crippen molar-refractivity contribution in [2.45, 2.75) is 37.8 Å². The molecular formula is C18H22O2S. The predicted molar refractivity (Wildman–Crippen MR) is 87.1 cm³/mol. The molecule has 0 aromatic heterocycles. The van der Waals surface area contributed by atoms with Gasteiger partial charge in [0.1, 0.15) is 0 Å². The second-order valence-electron chi connectivity index (χ2n) is 5.99. The van der Waals surface area contributed by atoms with Crippen LogP contribution in [0.25, 0.3) is 0 Å². The maximum absolute atomic E-state index is 12.4. The smallest absolute Gasteiger partial charge is 0.182 e. The minimum Gasteiger partial charge on any atom is -0.223 e. The Balaban J connectivity index is 2.15. The third-order valence-corrected chi connectivity index (χ3v) is 5.11. The van der Waals surface area contributed by atoms with E-state index in [9.17, 15) is 8.42 Å². The van der Waals surface area contributed by atoms with Crippen LogP contribution >= 0.6 is 0 Å². The van der Waals surface area contributed by atoms with Crippen LogP contribution in [-0.4, -0.2) is 8.42 Å². The molecule has 0 saturated heterocycles. The lowest BCUT2D eigenvalue weighted by Crippen LogP contribution is -2.05. The van der Waals surface area contributed by atoms with Gasteiger partial charge in [-0.25, -0.2) is 8.42 Å². The van der Waals surface area contributed by atoms with Crippen LogP contribution in [0.15, 0.2) is 53.4 Å². The van der Waals surface area contributed by atoms with Gasteiger partial charge >= 0.3 is 0 Å². The molecule has 0 aliphatic rings. The molecule has 0 unspecified atom stereocenters. The molecule has 2 rings (SSSR count). The van der Waals surface area contributed by atoms with Crippen molar-refractivity contribution in [2.24, 2.45) is 5.92 Å². The van der Waals surface area contributed by atoms with Gasteiger partial charge in [0.05, 0.1) is 10.6 Å². The van der Waals surface area contributed by atoms with E-state index < -0.39 is 9.84 Å². The highest BCUT2D eigenvalue weighted by molar-refractivity contribution is 7.90. The first kappa shape index (κ1) is 15.8. The third kappa shape index (κ3) is 4.43. The molecule has 2 aromatic carbocycles. The summed E-state index contributed by atoms with van der Waals surface area (Å²) in [6, 6.07) is 14.9. The minimum atomic E-state index is -3.27. The van der Waals surface area contributed by atoms with Gasteiger partial charge in [0.25, 0.3) is 0 Å². The highest BCUT2D eigenvalue weighted by atomic mass is 32.2. The average Bonchev–Trinajstić information content (AvgIpc) is 2.40.